The molecule has 0 saturated carbocycles. The van der Waals surface area contributed by atoms with Gasteiger partial charge in [-0.25, -0.2) is 0 Å². The zero-order valence-electron chi connectivity index (χ0n) is 21.0. The van der Waals surface area contributed by atoms with Crippen molar-refractivity contribution in [1.82, 2.24) is 0 Å². The van der Waals surface area contributed by atoms with Gasteiger partial charge in [0, 0.05) is 17.7 Å². The number of phenolic OH excluding ortho intramolecular Hbond substituents is 3. The Morgan fingerprint density at radius 2 is 1.39 bits per heavy atom. The molecule has 2 aliphatic rings. The lowest BCUT2D eigenvalue weighted by Crippen LogP contribution is -2.59. The van der Waals surface area contributed by atoms with Crippen LogP contribution in [0.4, 0.5) is 0 Å². The predicted molar refractivity (Wildman–Crippen MR) is 133 cm³/mol. The molecule has 3 aromatic rings. The normalized spacial score (nSPS) is 34.1. The van der Waals surface area contributed by atoms with Gasteiger partial charge in [0.15, 0.2) is 23.6 Å². The van der Waals surface area contributed by atoms with Crippen molar-refractivity contribution in [1.29, 1.82) is 0 Å². The van der Waals surface area contributed by atoms with E-state index in [1.807, 2.05) is 0 Å². The Kier molecular flexibility index (Phi) is 7.92. The molecule has 10 N–H and O–H groups in total. The minimum atomic E-state index is -1.92. The Morgan fingerprint density at radius 3 is 2.07 bits per heavy atom. The van der Waals surface area contributed by atoms with Crippen LogP contribution in [0.15, 0.2) is 45.6 Å². The highest BCUT2D eigenvalue weighted by molar-refractivity contribution is 5.89. The molecule has 10 atom stereocenters. The van der Waals surface area contributed by atoms with Gasteiger partial charge in [-0.3, -0.25) is 4.79 Å². The Morgan fingerprint density at radius 1 is 0.732 bits per heavy atom. The summed E-state index contributed by atoms with van der Waals surface area (Å²) in [5, 5.41) is 102. The fourth-order valence-corrected chi connectivity index (χ4v) is 4.85. The molecule has 10 unspecified atom stereocenters. The summed E-state index contributed by atoms with van der Waals surface area (Å²) in [6.45, 7) is -0.668. The van der Waals surface area contributed by atoms with Gasteiger partial charge < -0.3 is 69.7 Å². The lowest BCUT2D eigenvalue weighted by molar-refractivity contribution is -0.347. The van der Waals surface area contributed by atoms with Crippen LogP contribution in [0.5, 0.6) is 17.2 Å². The van der Waals surface area contributed by atoms with E-state index in [2.05, 4.69) is 0 Å². The second-order valence-electron chi connectivity index (χ2n) is 9.82. The van der Waals surface area contributed by atoms with E-state index in [4.69, 9.17) is 18.6 Å². The van der Waals surface area contributed by atoms with Gasteiger partial charge in [-0.15, -0.1) is 0 Å². The minimum absolute atomic E-state index is 0.0396. The molecule has 41 heavy (non-hydrogen) atoms. The van der Waals surface area contributed by atoms with Crippen LogP contribution in [0.3, 0.4) is 0 Å². The highest BCUT2D eigenvalue weighted by atomic mass is 16.7. The van der Waals surface area contributed by atoms with Crippen LogP contribution in [0.2, 0.25) is 0 Å². The zero-order valence-corrected chi connectivity index (χ0v) is 21.0. The molecule has 2 aromatic carbocycles. The minimum Gasteiger partial charge on any atom is -0.508 e. The van der Waals surface area contributed by atoms with Crippen molar-refractivity contribution in [3.05, 3.63) is 52.2 Å². The van der Waals surface area contributed by atoms with Gasteiger partial charge in [-0.05, 0) is 24.3 Å². The summed E-state index contributed by atoms with van der Waals surface area (Å²) >= 11 is 0. The van der Waals surface area contributed by atoms with E-state index in [1.165, 1.54) is 24.3 Å². The number of hydrogen-bond donors (Lipinski definition) is 10. The molecule has 0 aliphatic carbocycles. The summed E-state index contributed by atoms with van der Waals surface area (Å²) in [6.07, 6.45) is -17.9. The number of benzene rings is 2. The Hall–Kier alpha value is -3.35. The van der Waals surface area contributed by atoms with E-state index >= 15 is 0 Å². The predicted octanol–water partition coefficient (Wildman–Crippen LogP) is -2.13. The number of aliphatic hydroxyl groups excluding tert-OH is 7. The SMILES string of the molecule is O=c1cc(-c2ccc(O)cc2)oc2c(C3OC(COC4OC(O)C(O)C(O)C4O)C(O)C(O)C3O)c(O)cc(O)c12. The quantitative estimate of drug-likeness (QED) is 0.155. The third-order valence-electron chi connectivity index (χ3n) is 7.12. The number of aromatic hydroxyl groups is 3. The van der Waals surface area contributed by atoms with E-state index < -0.39 is 90.5 Å². The van der Waals surface area contributed by atoms with Gasteiger partial charge in [0.05, 0.1) is 12.2 Å². The largest absolute Gasteiger partial charge is 0.508 e. The highest BCUT2D eigenvalue weighted by Gasteiger charge is 2.48. The molecule has 222 valence electrons. The van der Waals surface area contributed by atoms with Gasteiger partial charge in [0.1, 0.15) is 77.2 Å². The van der Waals surface area contributed by atoms with Crippen molar-refractivity contribution < 1.29 is 69.7 Å². The van der Waals surface area contributed by atoms with Crippen molar-refractivity contribution in [2.24, 2.45) is 0 Å². The summed E-state index contributed by atoms with van der Waals surface area (Å²) in [6, 6.07) is 7.43. The van der Waals surface area contributed by atoms with Crippen LogP contribution < -0.4 is 5.43 Å². The fraction of sp³-hybridized carbons (Fsp3) is 0.423. The molecule has 15 nitrogen and oxygen atoms in total. The molecule has 0 spiro atoms. The molecule has 0 amide bonds. The molecule has 1 aromatic heterocycles. The summed E-state index contributed by atoms with van der Waals surface area (Å²) in [5.74, 6) is -1.44. The maximum Gasteiger partial charge on any atom is 0.197 e. The first kappa shape index (κ1) is 29.2. The maximum absolute atomic E-state index is 13.0. The molecule has 0 radical (unpaired) electrons. The van der Waals surface area contributed by atoms with E-state index in [0.717, 1.165) is 12.1 Å². The molecule has 2 fully saturated rings. The number of fused-ring (bicyclic) bond motifs is 1. The molecule has 3 heterocycles. The van der Waals surface area contributed by atoms with E-state index in [-0.39, 0.29) is 22.5 Å². The molecule has 0 bridgehead atoms. The zero-order chi connectivity index (χ0) is 29.7. The molecule has 2 aliphatic heterocycles. The van der Waals surface area contributed by atoms with Crippen LogP contribution in [0, 0.1) is 0 Å². The number of hydrogen-bond acceptors (Lipinski definition) is 15. The smallest absolute Gasteiger partial charge is 0.197 e. The van der Waals surface area contributed by atoms with E-state index in [9.17, 15) is 55.9 Å². The lowest BCUT2D eigenvalue weighted by atomic mass is 9.89. The van der Waals surface area contributed by atoms with Crippen molar-refractivity contribution in [3.8, 4) is 28.6 Å². The van der Waals surface area contributed by atoms with Crippen molar-refractivity contribution in [2.75, 3.05) is 6.61 Å². The molecule has 15 heteroatoms. The molecular weight excluding hydrogens is 552 g/mol. The number of phenols is 3. The first-order valence-electron chi connectivity index (χ1n) is 12.4. The Labute approximate surface area is 229 Å². The topological polar surface area (TPSA) is 260 Å². The number of aliphatic hydroxyl groups is 7. The summed E-state index contributed by atoms with van der Waals surface area (Å²) in [4.78, 5) is 13.0. The second kappa shape index (κ2) is 11.1. The van der Waals surface area contributed by atoms with E-state index in [0.29, 0.717) is 5.56 Å². The Bertz CT molecular complexity index is 1460. The summed E-state index contributed by atoms with van der Waals surface area (Å²) < 4.78 is 21.9. The maximum atomic E-state index is 13.0. The van der Waals surface area contributed by atoms with Crippen molar-refractivity contribution in [2.45, 2.75) is 61.4 Å². The first-order chi connectivity index (χ1) is 19.4. The fourth-order valence-electron chi connectivity index (χ4n) is 4.85. The van der Waals surface area contributed by atoms with Crippen LogP contribution in [-0.4, -0.2) is 113 Å². The standard InChI is InChI=1S/C26H28O15/c27-9-3-1-8(2-4-9)13-6-12(30)15-10(28)5-11(29)16(23(15)39-13)24-20(34)18(32)17(31)14(40-24)7-38-26-22(36)19(33)21(35)25(37)41-26/h1-6,14,17-22,24-29,31-37H,7H2. The monoisotopic (exact) mass is 580 g/mol. The third kappa shape index (κ3) is 5.24. The molecule has 2 saturated heterocycles. The summed E-state index contributed by atoms with van der Waals surface area (Å²) in [7, 11) is 0. The highest BCUT2D eigenvalue weighted by Crippen LogP contribution is 2.44. The van der Waals surface area contributed by atoms with Gasteiger partial charge in [0.2, 0.25) is 0 Å². The first-order valence-corrected chi connectivity index (χ1v) is 12.4. The summed E-state index contributed by atoms with van der Waals surface area (Å²) in [5.41, 5.74) is -1.16. The second-order valence-corrected chi connectivity index (χ2v) is 9.82. The van der Waals surface area contributed by atoms with Gasteiger partial charge in [0.25, 0.3) is 0 Å². The van der Waals surface area contributed by atoms with Crippen LogP contribution in [0.1, 0.15) is 11.7 Å². The Balaban J connectivity index is 1.51. The average Bonchev–Trinajstić information content (AvgIpc) is 2.93. The van der Waals surface area contributed by atoms with Gasteiger partial charge in [-0.1, -0.05) is 0 Å². The van der Waals surface area contributed by atoms with Gasteiger partial charge >= 0.3 is 0 Å². The third-order valence-corrected chi connectivity index (χ3v) is 7.12. The number of ether oxygens (including phenoxy) is 3. The van der Waals surface area contributed by atoms with E-state index in [1.54, 1.807) is 0 Å². The van der Waals surface area contributed by atoms with Crippen LogP contribution in [0.25, 0.3) is 22.3 Å². The van der Waals surface area contributed by atoms with Crippen LogP contribution >= 0.6 is 0 Å². The van der Waals surface area contributed by atoms with Crippen LogP contribution in [-0.2, 0) is 14.2 Å². The van der Waals surface area contributed by atoms with Gasteiger partial charge in [-0.2, -0.15) is 0 Å². The molecular formula is C26H28O15. The van der Waals surface area contributed by atoms with Crippen molar-refractivity contribution >= 4 is 11.0 Å². The van der Waals surface area contributed by atoms with Crippen molar-refractivity contribution in [3.63, 3.8) is 0 Å². The lowest BCUT2D eigenvalue weighted by Gasteiger charge is -2.42. The number of rotatable bonds is 5. The average molecular weight is 580 g/mol. The molecule has 5 rings (SSSR count).